The fourth-order valence-electron chi connectivity index (χ4n) is 3.42. The highest BCUT2D eigenvalue weighted by Crippen LogP contribution is 2.34. The molecule has 1 amide bonds. The van der Waals surface area contributed by atoms with Gasteiger partial charge in [0.1, 0.15) is 13.2 Å². The Bertz CT molecular complexity index is 716. The Morgan fingerprint density at radius 1 is 1.21 bits per heavy atom. The van der Waals surface area contributed by atoms with Crippen molar-refractivity contribution in [3.05, 3.63) is 23.8 Å². The zero-order chi connectivity index (χ0) is 17.2. The Kier molecular flexibility index (Phi) is 4.99. The van der Waals surface area contributed by atoms with E-state index in [1.807, 2.05) is 6.92 Å². The summed E-state index contributed by atoms with van der Waals surface area (Å²) in [5.74, 6) is 0.303. The van der Waals surface area contributed by atoms with Gasteiger partial charge in [0.05, 0.1) is 5.75 Å². The molecule has 1 aliphatic carbocycles. The molecular formula is C17H23NO5S. The van der Waals surface area contributed by atoms with Gasteiger partial charge in [-0.3, -0.25) is 9.52 Å². The second kappa shape index (κ2) is 7.01. The third-order valence-corrected chi connectivity index (χ3v) is 5.90. The lowest BCUT2D eigenvalue weighted by Gasteiger charge is -2.27. The molecule has 1 fully saturated rings. The van der Waals surface area contributed by atoms with Crippen molar-refractivity contribution in [1.29, 1.82) is 0 Å². The number of benzene rings is 1. The van der Waals surface area contributed by atoms with Gasteiger partial charge in [0.25, 0.3) is 0 Å². The van der Waals surface area contributed by atoms with Crippen molar-refractivity contribution in [3.8, 4) is 11.5 Å². The van der Waals surface area contributed by atoms with E-state index >= 15 is 0 Å². The zero-order valence-electron chi connectivity index (χ0n) is 13.8. The molecule has 1 heterocycles. The van der Waals surface area contributed by atoms with Gasteiger partial charge in [-0.1, -0.05) is 31.9 Å². The molecule has 1 aromatic carbocycles. The van der Waals surface area contributed by atoms with Crippen LogP contribution >= 0.6 is 0 Å². The van der Waals surface area contributed by atoms with Crippen LogP contribution in [0.25, 0.3) is 0 Å². The number of rotatable bonds is 4. The second-order valence-electron chi connectivity index (χ2n) is 6.53. The van der Waals surface area contributed by atoms with Crippen LogP contribution in [-0.4, -0.2) is 27.5 Å². The molecule has 0 spiro atoms. The monoisotopic (exact) mass is 353 g/mol. The van der Waals surface area contributed by atoms with Gasteiger partial charge in [-0.25, -0.2) is 8.42 Å². The topological polar surface area (TPSA) is 81.7 Å². The summed E-state index contributed by atoms with van der Waals surface area (Å²) in [7, 11) is -3.78. The smallest absolute Gasteiger partial charge is 0.239 e. The SMILES string of the molecule is CC1CCCCC1C(=O)NS(=O)(=O)Cc1cccc2c1OCCO2. The molecule has 1 saturated carbocycles. The van der Waals surface area contributed by atoms with Crippen molar-refractivity contribution in [3.63, 3.8) is 0 Å². The standard InChI is InChI=1S/C17H23NO5S/c1-12-5-2-3-7-14(12)17(19)18-24(20,21)11-13-6-4-8-15-16(13)23-10-9-22-15/h4,6,8,12,14H,2-3,5,7,9-11H2,1H3,(H,18,19). The lowest BCUT2D eigenvalue weighted by atomic mass is 9.80. The third kappa shape index (κ3) is 3.83. The number of para-hydroxylation sites is 1. The predicted molar refractivity (Wildman–Crippen MR) is 89.3 cm³/mol. The van der Waals surface area contributed by atoms with Crippen molar-refractivity contribution in [2.75, 3.05) is 13.2 Å². The number of amides is 1. The first-order valence-corrected chi connectivity index (χ1v) is 10.0. The average Bonchev–Trinajstić information content (AvgIpc) is 2.55. The van der Waals surface area contributed by atoms with E-state index in [9.17, 15) is 13.2 Å². The van der Waals surface area contributed by atoms with Gasteiger partial charge in [0.15, 0.2) is 11.5 Å². The van der Waals surface area contributed by atoms with Gasteiger partial charge in [0, 0.05) is 11.5 Å². The number of hydrogen-bond donors (Lipinski definition) is 1. The van der Waals surface area contributed by atoms with Crippen LogP contribution in [0, 0.1) is 11.8 Å². The molecule has 1 N–H and O–H groups in total. The maximum atomic E-state index is 12.4. The van der Waals surface area contributed by atoms with E-state index in [-0.39, 0.29) is 23.5 Å². The fourth-order valence-corrected chi connectivity index (χ4v) is 4.59. The van der Waals surface area contributed by atoms with Crippen LogP contribution in [0.1, 0.15) is 38.2 Å². The maximum Gasteiger partial charge on any atom is 0.239 e. The summed E-state index contributed by atoms with van der Waals surface area (Å²) in [5.41, 5.74) is 0.504. The van der Waals surface area contributed by atoms with Crippen molar-refractivity contribution in [1.82, 2.24) is 4.72 Å². The highest BCUT2D eigenvalue weighted by atomic mass is 32.2. The molecule has 6 nitrogen and oxygen atoms in total. The van der Waals surface area contributed by atoms with Crippen LogP contribution in [0.3, 0.4) is 0 Å². The van der Waals surface area contributed by atoms with E-state index in [0.29, 0.717) is 30.3 Å². The number of carbonyl (C=O) groups is 1. The third-order valence-electron chi connectivity index (χ3n) is 4.70. The molecule has 3 rings (SSSR count). The van der Waals surface area contributed by atoms with Crippen LogP contribution in [0.2, 0.25) is 0 Å². The average molecular weight is 353 g/mol. The molecule has 24 heavy (non-hydrogen) atoms. The first kappa shape index (κ1) is 17.1. The minimum absolute atomic E-state index is 0.218. The molecule has 0 saturated heterocycles. The number of sulfonamides is 1. The van der Waals surface area contributed by atoms with Crippen LogP contribution in [0.5, 0.6) is 11.5 Å². The van der Waals surface area contributed by atoms with Crippen molar-refractivity contribution in [2.24, 2.45) is 11.8 Å². The lowest BCUT2D eigenvalue weighted by Crippen LogP contribution is -2.39. The molecule has 2 atom stereocenters. The molecule has 132 valence electrons. The zero-order valence-corrected chi connectivity index (χ0v) is 14.6. The van der Waals surface area contributed by atoms with Crippen molar-refractivity contribution >= 4 is 15.9 Å². The second-order valence-corrected chi connectivity index (χ2v) is 8.26. The molecule has 0 bridgehead atoms. The number of nitrogens with one attached hydrogen (secondary N) is 1. The normalized spacial score (nSPS) is 23.5. The Labute approximate surface area is 142 Å². The Morgan fingerprint density at radius 3 is 2.75 bits per heavy atom. The maximum absolute atomic E-state index is 12.4. The van der Waals surface area contributed by atoms with E-state index in [1.54, 1.807) is 18.2 Å². The molecular weight excluding hydrogens is 330 g/mol. The first-order chi connectivity index (χ1) is 11.5. The number of fused-ring (bicyclic) bond motifs is 1. The highest BCUT2D eigenvalue weighted by molar-refractivity contribution is 7.89. The minimum atomic E-state index is -3.78. The van der Waals surface area contributed by atoms with Crippen LogP contribution in [0.4, 0.5) is 0 Å². The summed E-state index contributed by atoms with van der Waals surface area (Å²) in [6, 6.07) is 5.15. The van der Waals surface area contributed by atoms with Crippen LogP contribution < -0.4 is 14.2 Å². The van der Waals surface area contributed by atoms with Crippen molar-refractivity contribution in [2.45, 2.75) is 38.4 Å². The summed E-state index contributed by atoms with van der Waals surface area (Å²) < 4.78 is 38.1. The van der Waals surface area contributed by atoms with Gasteiger partial charge in [0.2, 0.25) is 15.9 Å². The molecule has 2 aliphatic rings. The summed E-state index contributed by atoms with van der Waals surface area (Å²) in [6.45, 7) is 2.84. The number of ether oxygens (including phenoxy) is 2. The minimum Gasteiger partial charge on any atom is -0.486 e. The summed E-state index contributed by atoms with van der Waals surface area (Å²) in [4.78, 5) is 12.4. The van der Waals surface area contributed by atoms with Crippen LogP contribution in [-0.2, 0) is 20.6 Å². The fraction of sp³-hybridized carbons (Fsp3) is 0.588. The van der Waals surface area contributed by atoms with Gasteiger partial charge in [-0.15, -0.1) is 0 Å². The molecule has 0 aromatic heterocycles. The largest absolute Gasteiger partial charge is 0.486 e. The van der Waals surface area contributed by atoms with E-state index in [4.69, 9.17) is 9.47 Å². The van der Waals surface area contributed by atoms with Gasteiger partial charge in [-0.2, -0.15) is 0 Å². The first-order valence-electron chi connectivity index (χ1n) is 8.38. The Morgan fingerprint density at radius 2 is 1.96 bits per heavy atom. The highest BCUT2D eigenvalue weighted by Gasteiger charge is 2.31. The summed E-state index contributed by atoms with van der Waals surface area (Å²) in [5, 5.41) is 0. The molecule has 1 aromatic rings. The van der Waals surface area contributed by atoms with Gasteiger partial charge in [-0.05, 0) is 24.8 Å². The van der Waals surface area contributed by atoms with E-state index in [1.165, 1.54) is 0 Å². The van der Waals surface area contributed by atoms with Crippen LogP contribution in [0.15, 0.2) is 18.2 Å². The molecule has 7 heteroatoms. The number of carbonyl (C=O) groups excluding carboxylic acids is 1. The molecule has 2 unspecified atom stereocenters. The van der Waals surface area contributed by atoms with Gasteiger partial charge < -0.3 is 9.47 Å². The number of hydrogen-bond acceptors (Lipinski definition) is 5. The summed E-state index contributed by atoms with van der Waals surface area (Å²) in [6.07, 6.45) is 3.79. The van der Waals surface area contributed by atoms with E-state index in [0.717, 1.165) is 25.7 Å². The Hall–Kier alpha value is -1.76. The van der Waals surface area contributed by atoms with E-state index in [2.05, 4.69) is 4.72 Å². The quantitative estimate of drug-likeness (QED) is 0.898. The lowest BCUT2D eigenvalue weighted by molar-refractivity contribution is -0.125. The molecule has 1 aliphatic heterocycles. The van der Waals surface area contributed by atoms with Crippen molar-refractivity contribution < 1.29 is 22.7 Å². The van der Waals surface area contributed by atoms with Gasteiger partial charge >= 0.3 is 0 Å². The summed E-state index contributed by atoms with van der Waals surface area (Å²) >= 11 is 0. The molecule has 0 radical (unpaired) electrons. The predicted octanol–water partition coefficient (Wildman–Crippen LogP) is 2.23. The Balaban J connectivity index is 1.71. The van der Waals surface area contributed by atoms with E-state index < -0.39 is 10.0 Å².